The van der Waals surface area contributed by atoms with Gasteiger partial charge in [0.2, 0.25) is 5.91 Å². The molecule has 1 atom stereocenters. The molecule has 1 aliphatic rings. The zero-order valence-electron chi connectivity index (χ0n) is 9.77. The lowest BCUT2D eigenvalue weighted by Gasteiger charge is -2.09. The number of aromatic nitrogens is 2. The van der Waals surface area contributed by atoms with Crippen LogP contribution in [-0.4, -0.2) is 35.8 Å². The molecule has 2 rings (SSSR count). The monoisotopic (exact) mass is 411 g/mol. The summed E-state index contributed by atoms with van der Waals surface area (Å²) >= 11 is 6.36. The summed E-state index contributed by atoms with van der Waals surface area (Å²) in [5.41, 5.74) is 0. The van der Waals surface area contributed by atoms with Gasteiger partial charge in [0, 0.05) is 6.42 Å². The number of rotatable bonds is 3. The predicted octanol–water partition coefficient (Wildman–Crippen LogP) is 1.76. The first-order valence-corrected chi connectivity index (χ1v) is 8.95. The van der Waals surface area contributed by atoms with Crippen LogP contribution >= 0.6 is 31.9 Å². The molecule has 0 radical (unpaired) electrons. The second-order valence-corrected chi connectivity index (χ2v) is 8.15. The first-order valence-electron chi connectivity index (χ1n) is 5.54. The van der Waals surface area contributed by atoms with Crippen LogP contribution in [-0.2, 0) is 14.6 Å². The maximum absolute atomic E-state index is 11.8. The number of hydrogen-bond acceptors (Lipinski definition) is 5. The predicted molar refractivity (Wildman–Crippen MR) is 77.4 cm³/mol. The molecule has 0 bridgehead atoms. The number of amides is 1. The van der Waals surface area contributed by atoms with Gasteiger partial charge in [-0.15, -0.1) is 0 Å². The highest BCUT2D eigenvalue weighted by Crippen LogP contribution is 2.23. The highest BCUT2D eigenvalue weighted by Gasteiger charge is 2.29. The Bertz CT molecular complexity index is 606. The fraction of sp³-hybridized carbons (Fsp3) is 0.500. The molecule has 1 aromatic heterocycles. The lowest BCUT2D eigenvalue weighted by atomic mass is 10.1. The third kappa shape index (κ3) is 4.22. The lowest BCUT2D eigenvalue weighted by Crippen LogP contribution is -2.18. The molecule has 1 N–H and O–H groups in total. The average Bonchev–Trinajstić information content (AvgIpc) is 2.62. The van der Waals surface area contributed by atoms with Gasteiger partial charge in [-0.05, 0) is 44.2 Å². The van der Waals surface area contributed by atoms with Crippen molar-refractivity contribution in [1.29, 1.82) is 0 Å². The first kappa shape index (κ1) is 14.9. The molecule has 0 saturated carbocycles. The zero-order valence-corrected chi connectivity index (χ0v) is 13.8. The Morgan fingerprint density at radius 2 is 2.21 bits per heavy atom. The molecule has 1 aliphatic heterocycles. The van der Waals surface area contributed by atoms with E-state index in [0.29, 0.717) is 21.4 Å². The van der Waals surface area contributed by atoms with E-state index in [1.807, 2.05) is 0 Å². The van der Waals surface area contributed by atoms with Gasteiger partial charge in [-0.25, -0.2) is 18.4 Å². The van der Waals surface area contributed by atoms with E-state index in [-0.39, 0.29) is 29.8 Å². The van der Waals surface area contributed by atoms with Crippen LogP contribution in [0.5, 0.6) is 0 Å². The van der Waals surface area contributed by atoms with Gasteiger partial charge in [-0.1, -0.05) is 0 Å². The minimum atomic E-state index is -2.95. The van der Waals surface area contributed by atoms with Gasteiger partial charge in [0.05, 0.1) is 17.7 Å². The molecular formula is C10H11Br2N3O3S. The van der Waals surface area contributed by atoms with Crippen molar-refractivity contribution >= 4 is 53.4 Å². The second-order valence-electron chi connectivity index (χ2n) is 4.35. The van der Waals surface area contributed by atoms with E-state index in [1.165, 1.54) is 6.20 Å². The zero-order chi connectivity index (χ0) is 14.0. The quantitative estimate of drug-likeness (QED) is 0.816. The van der Waals surface area contributed by atoms with Gasteiger partial charge in [0.15, 0.2) is 15.7 Å². The van der Waals surface area contributed by atoms with Crippen molar-refractivity contribution in [3.05, 3.63) is 15.4 Å². The molecule has 1 unspecified atom stereocenters. The molecule has 9 heteroatoms. The summed E-state index contributed by atoms with van der Waals surface area (Å²) in [7, 11) is -2.95. The van der Waals surface area contributed by atoms with E-state index in [1.54, 1.807) is 0 Å². The van der Waals surface area contributed by atoms with Crippen LogP contribution in [0.3, 0.4) is 0 Å². The molecule has 2 heterocycles. The van der Waals surface area contributed by atoms with Crippen LogP contribution in [0.25, 0.3) is 0 Å². The largest absolute Gasteiger partial charge is 0.308 e. The number of nitrogens with zero attached hydrogens (tertiary/aromatic N) is 2. The van der Waals surface area contributed by atoms with E-state index in [2.05, 4.69) is 47.1 Å². The molecule has 0 aliphatic carbocycles. The highest BCUT2D eigenvalue weighted by molar-refractivity contribution is 9.11. The molecule has 1 fully saturated rings. The molecule has 1 saturated heterocycles. The van der Waals surface area contributed by atoms with E-state index in [9.17, 15) is 13.2 Å². The van der Waals surface area contributed by atoms with Crippen LogP contribution in [0.1, 0.15) is 12.8 Å². The summed E-state index contributed by atoms with van der Waals surface area (Å²) in [5, 5.41) is 2.62. The SMILES string of the molecule is O=C(CC1CCS(=O)(=O)C1)Nc1ncc(Br)nc1Br. The summed E-state index contributed by atoms with van der Waals surface area (Å²) in [6, 6.07) is 0. The molecule has 1 aromatic rings. The van der Waals surface area contributed by atoms with Crippen LogP contribution in [0, 0.1) is 5.92 Å². The Morgan fingerprint density at radius 1 is 1.47 bits per heavy atom. The van der Waals surface area contributed by atoms with E-state index in [0.717, 1.165) is 0 Å². The summed E-state index contributed by atoms with van der Waals surface area (Å²) in [4.78, 5) is 19.9. The number of hydrogen-bond donors (Lipinski definition) is 1. The van der Waals surface area contributed by atoms with Gasteiger partial charge >= 0.3 is 0 Å². The molecule has 104 valence electrons. The number of sulfone groups is 1. The Labute approximate surface area is 127 Å². The minimum Gasteiger partial charge on any atom is -0.308 e. The molecular weight excluding hydrogens is 402 g/mol. The maximum Gasteiger partial charge on any atom is 0.225 e. The molecule has 6 nitrogen and oxygen atoms in total. The van der Waals surface area contributed by atoms with Gasteiger partial charge in [0.25, 0.3) is 0 Å². The second kappa shape index (κ2) is 5.84. The van der Waals surface area contributed by atoms with Crippen molar-refractivity contribution in [2.75, 3.05) is 16.8 Å². The van der Waals surface area contributed by atoms with Crippen LogP contribution in [0.4, 0.5) is 5.82 Å². The Hall–Kier alpha value is -0.540. The summed E-state index contributed by atoms with van der Waals surface area (Å²) in [6.45, 7) is 0. The normalized spacial score (nSPS) is 21.3. The van der Waals surface area contributed by atoms with E-state index < -0.39 is 9.84 Å². The van der Waals surface area contributed by atoms with Gasteiger partial charge in [-0.2, -0.15) is 0 Å². The van der Waals surface area contributed by atoms with Gasteiger partial charge in [-0.3, -0.25) is 4.79 Å². The van der Waals surface area contributed by atoms with Crippen LogP contribution < -0.4 is 5.32 Å². The molecule has 1 amide bonds. The Balaban J connectivity index is 1.95. The summed E-state index contributed by atoms with van der Waals surface area (Å²) < 4.78 is 23.6. The topological polar surface area (TPSA) is 89.0 Å². The fourth-order valence-corrected chi connectivity index (χ4v) is 4.68. The van der Waals surface area contributed by atoms with Crippen LogP contribution in [0.2, 0.25) is 0 Å². The van der Waals surface area contributed by atoms with Crippen molar-refractivity contribution in [3.63, 3.8) is 0 Å². The number of nitrogens with one attached hydrogen (secondary N) is 1. The number of anilines is 1. The van der Waals surface area contributed by atoms with Gasteiger partial charge in [0.1, 0.15) is 9.21 Å². The van der Waals surface area contributed by atoms with Crippen molar-refractivity contribution in [2.24, 2.45) is 5.92 Å². The number of carbonyl (C=O) groups is 1. The minimum absolute atomic E-state index is 0.0909. The highest BCUT2D eigenvalue weighted by atomic mass is 79.9. The summed E-state index contributed by atoms with van der Waals surface area (Å²) in [5.74, 6) is 0.237. The van der Waals surface area contributed by atoms with Gasteiger partial charge < -0.3 is 5.32 Å². The van der Waals surface area contributed by atoms with Crippen molar-refractivity contribution in [1.82, 2.24) is 9.97 Å². The summed E-state index contributed by atoms with van der Waals surface area (Å²) in [6.07, 6.45) is 2.20. The third-order valence-electron chi connectivity index (χ3n) is 2.76. The smallest absolute Gasteiger partial charge is 0.225 e. The number of carbonyl (C=O) groups excluding carboxylic acids is 1. The fourth-order valence-electron chi connectivity index (χ4n) is 1.91. The molecule has 19 heavy (non-hydrogen) atoms. The van der Waals surface area contributed by atoms with Crippen LogP contribution in [0.15, 0.2) is 15.4 Å². The molecule has 0 aromatic carbocycles. The Morgan fingerprint density at radius 3 is 2.79 bits per heavy atom. The average molecular weight is 413 g/mol. The Kier molecular flexibility index (Phi) is 4.57. The van der Waals surface area contributed by atoms with E-state index >= 15 is 0 Å². The number of halogens is 2. The standard InChI is InChI=1S/C10H11Br2N3O3S/c11-7-4-13-10(9(12)14-7)15-8(16)3-6-1-2-19(17,18)5-6/h4,6H,1-3,5H2,(H,13,15,16). The third-order valence-corrected chi connectivity index (χ3v) is 5.53. The van der Waals surface area contributed by atoms with Crippen molar-refractivity contribution in [2.45, 2.75) is 12.8 Å². The van der Waals surface area contributed by atoms with E-state index in [4.69, 9.17) is 0 Å². The van der Waals surface area contributed by atoms with Crippen molar-refractivity contribution in [3.8, 4) is 0 Å². The molecule has 0 spiro atoms. The maximum atomic E-state index is 11.8. The lowest BCUT2D eigenvalue weighted by molar-refractivity contribution is -0.116. The first-order chi connectivity index (χ1) is 8.85. The van der Waals surface area contributed by atoms with Crippen molar-refractivity contribution < 1.29 is 13.2 Å².